The van der Waals surface area contributed by atoms with E-state index in [0.717, 1.165) is 56.1 Å². The number of aromatic nitrogens is 3. The first-order valence-electron chi connectivity index (χ1n) is 6.36. The third kappa shape index (κ3) is 2.97. The standard InChI is InChI=1S/C12H16ClN5O/c13-11-7-10-9(8-15-11)12(17-16-10)14-1-2-18-3-5-19-6-4-18/h7-8H,1-6H2,(H2,14,16,17). The van der Waals surface area contributed by atoms with Gasteiger partial charge in [-0.05, 0) is 0 Å². The smallest absolute Gasteiger partial charge is 0.157 e. The fourth-order valence-corrected chi connectivity index (χ4v) is 2.34. The Hall–Kier alpha value is -1.37. The maximum Gasteiger partial charge on any atom is 0.157 e. The van der Waals surface area contributed by atoms with Gasteiger partial charge in [-0.3, -0.25) is 10.00 Å². The quantitative estimate of drug-likeness (QED) is 0.829. The van der Waals surface area contributed by atoms with Gasteiger partial charge >= 0.3 is 0 Å². The van der Waals surface area contributed by atoms with Gasteiger partial charge in [0, 0.05) is 38.4 Å². The lowest BCUT2D eigenvalue weighted by Crippen LogP contribution is -2.39. The number of hydrogen-bond donors (Lipinski definition) is 2. The number of halogens is 1. The topological polar surface area (TPSA) is 66.1 Å². The van der Waals surface area contributed by atoms with Crippen LogP contribution in [0.4, 0.5) is 5.82 Å². The number of morpholine rings is 1. The fourth-order valence-electron chi connectivity index (χ4n) is 2.18. The van der Waals surface area contributed by atoms with E-state index in [0.29, 0.717) is 5.15 Å². The summed E-state index contributed by atoms with van der Waals surface area (Å²) in [6, 6.07) is 1.77. The largest absolute Gasteiger partial charge is 0.379 e. The molecule has 19 heavy (non-hydrogen) atoms. The predicted molar refractivity (Wildman–Crippen MR) is 74.6 cm³/mol. The molecule has 1 fully saturated rings. The molecule has 0 aromatic carbocycles. The Bertz CT molecular complexity index is 552. The second kappa shape index (κ2) is 5.73. The Labute approximate surface area is 116 Å². The highest BCUT2D eigenvalue weighted by atomic mass is 35.5. The van der Waals surface area contributed by atoms with Gasteiger partial charge < -0.3 is 10.1 Å². The molecule has 7 heteroatoms. The van der Waals surface area contributed by atoms with Crippen LogP contribution in [0, 0.1) is 0 Å². The van der Waals surface area contributed by atoms with Crippen LogP contribution in [0.25, 0.3) is 10.9 Å². The molecule has 2 aromatic rings. The molecule has 0 spiro atoms. The Morgan fingerprint density at radius 1 is 1.42 bits per heavy atom. The summed E-state index contributed by atoms with van der Waals surface area (Å²) in [4.78, 5) is 6.45. The first-order valence-corrected chi connectivity index (χ1v) is 6.74. The number of pyridine rings is 1. The molecule has 1 aliphatic rings. The molecule has 3 rings (SSSR count). The number of H-pyrrole nitrogens is 1. The maximum atomic E-state index is 5.84. The van der Waals surface area contributed by atoms with Gasteiger partial charge in [-0.15, -0.1) is 0 Å². The van der Waals surface area contributed by atoms with Crippen molar-refractivity contribution in [2.75, 3.05) is 44.7 Å². The molecule has 102 valence electrons. The van der Waals surface area contributed by atoms with Crippen LogP contribution in [0.15, 0.2) is 12.3 Å². The SMILES string of the molecule is Clc1cc2[nH]nc(NCCN3CCOCC3)c2cn1. The summed E-state index contributed by atoms with van der Waals surface area (Å²) in [6.07, 6.45) is 1.73. The van der Waals surface area contributed by atoms with Gasteiger partial charge in [-0.1, -0.05) is 11.6 Å². The van der Waals surface area contributed by atoms with Crippen molar-refractivity contribution in [1.82, 2.24) is 20.1 Å². The van der Waals surface area contributed by atoms with Crippen LogP contribution in [0.1, 0.15) is 0 Å². The normalized spacial score (nSPS) is 16.9. The summed E-state index contributed by atoms with van der Waals surface area (Å²) in [6.45, 7) is 5.49. The molecular weight excluding hydrogens is 266 g/mol. The van der Waals surface area contributed by atoms with Crippen molar-refractivity contribution in [3.63, 3.8) is 0 Å². The first-order chi connectivity index (χ1) is 9.33. The van der Waals surface area contributed by atoms with E-state index in [9.17, 15) is 0 Å². The van der Waals surface area contributed by atoms with Gasteiger partial charge in [-0.25, -0.2) is 4.98 Å². The van der Waals surface area contributed by atoms with Crippen molar-refractivity contribution in [2.45, 2.75) is 0 Å². The molecule has 2 aromatic heterocycles. The Morgan fingerprint density at radius 3 is 3.11 bits per heavy atom. The molecule has 0 radical (unpaired) electrons. The highest BCUT2D eigenvalue weighted by Crippen LogP contribution is 2.21. The van der Waals surface area contributed by atoms with Gasteiger partial charge in [-0.2, -0.15) is 5.10 Å². The van der Waals surface area contributed by atoms with E-state index in [-0.39, 0.29) is 0 Å². The third-order valence-corrected chi connectivity index (χ3v) is 3.44. The van der Waals surface area contributed by atoms with Crippen LogP contribution < -0.4 is 5.32 Å². The Morgan fingerprint density at radius 2 is 2.26 bits per heavy atom. The highest BCUT2D eigenvalue weighted by molar-refractivity contribution is 6.30. The summed E-state index contributed by atoms with van der Waals surface area (Å²) >= 11 is 5.84. The van der Waals surface area contributed by atoms with Crippen LogP contribution in [0.2, 0.25) is 5.15 Å². The van der Waals surface area contributed by atoms with Crippen molar-refractivity contribution in [2.24, 2.45) is 0 Å². The summed E-state index contributed by atoms with van der Waals surface area (Å²) in [5.74, 6) is 0.826. The van der Waals surface area contributed by atoms with Crippen molar-refractivity contribution in [1.29, 1.82) is 0 Å². The van der Waals surface area contributed by atoms with Crippen molar-refractivity contribution in [3.8, 4) is 0 Å². The lowest BCUT2D eigenvalue weighted by Gasteiger charge is -2.26. The molecule has 0 aliphatic carbocycles. The number of rotatable bonds is 4. The molecule has 0 amide bonds. The van der Waals surface area contributed by atoms with Gasteiger partial charge in [0.2, 0.25) is 0 Å². The van der Waals surface area contributed by atoms with E-state index < -0.39 is 0 Å². The van der Waals surface area contributed by atoms with Gasteiger partial charge in [0.05, 0.1) is 24.1 Å². The second-order valence-electron chi connectivity index (χ2n) is 4.51. The minimum atomic E-state index is 0.469. The van der Waals surface area contributed by atoms with E-state index >= 15 is 0 Å². The number of anilines is 1. The number of ether oxygens (including phenoxy) is 1. The molecule has 0 unspecified atom stereocenters. The van der Waals surface area contributed by atoms with E-state index in [4.69, 9.17) is 16.3 Å². The monoisotopic (exact) mass is 281 g/mol. The van der Waals surface area contributed by atoms with Crippen molar-refractivity contribution < 1.29 is 4.74 Å². The summed E-state index contributed by atoms with van der Waals surface area (Å²) in [7, 11) is 0. The number of aromatic amines is 1. The average Bonchev–Trinajstić information content (AvgIpc) is 2.82. The first kappa shape index (κ1) is 12.7. The molecule has 1 aliphatic heterocycles. The molecule has 6 nitrogen and oxygen atoms in total. The number of hydrogen-bond acceptors (Lipinski definition) is 5. The molecular formula is C12H16ClN5O. The number of fused-ring (bicyclic) bond motifs is 1. The van der Waals surface area contributed by atoms with E-state index in [1.165, 1.54) is 0 Å². The summed E-state index contributed by atoms with van der Waals surface area (Å²) in [5, 5.41) is 11.9. The summed E-state index contributed by atoms with van der Waals surface area (Å²) < 4.78 is 5.32. The second-order valence-corrected chi connectivity index (χ2v) is 4.89. The molecule has 0 saturated carbocycles. The van der Waals surface area contributed by atoms with Gasteiger partial charge in [0.25, 0.3) is 0 Å². The number of nitrogens with zero attached hydrogens (tertiary/aromatic N) is 3. The van der Waals surface area contributed by atoms with Crippen molar-refractivity contribution in [3.05, 3.63) is 17.4 Å². The summed E-state index contributed by atoms with van der Waals surface area (Å²) in [5.41, 5.74) is 0.897. The van der Waals surface area contributed by atoms with Gasteiger partial charge in [0.1, 0.15) is 5.15 Å². The third-order valence-electron chi connectivity index (χ3n) is 3.24. The zero-order valence-corrected chi connectivity index (χ0v) is 11.3. The highest BCUT2D eigenvalue weighted by Gasteiger charge is 2.10. The van der Waals surface area contributed by atoms with E-state index in [1.54, 1.807) is 12.3 Å². The van der Waals surface area contributed by atoms with Crippen LogP contribution >= 0.6 is 11.6 Å². The van der Waals surface area contributed by atoms with E-state index in [2.05, 4.69) is 25.4 Å². The minimum Gasteiger partial charge on any atom is -0.379 e. The van der Waals surface area contributed by atoms with Crippen LogP contribution in [-0.2, 0) is 4.74 Å². The molecule has 2 N–H and O–H groups in total. The lowest BCUT2D eigenvalue weighted by atomic mass is 10.3. The molecule has 0 atom stereocenters. The molecule has 0 bridgehead atoms. The predicted octanol–water partition coefficient (Wildman–Crippen LogP) is 1.36. The maximum absolute atomic E-state index is 5.84. The molecule has 3 heterocycles. The van der Waals surface area contributed by atoms with Crippen LogP contribution in [0.3, 0.4) is 0 Å². The zero-order valence-electron chi connectivity index (χ0n) is 10.5. The average molecular weight is 282 g/mol. The Kier molecular flexibility index (Phi) is 3.82. The fraction of sp³-hybridized carbons (Fsp3) is 0.500. The number of nitrogens with one attached hydrogen (secondary N) is 2. The minimum absolute atomic E-state index is 0.469. The van der Waals surface area contributed by atoms with Crippen LogP contribution in [0.5, 0.6) is 0 Å². The van der Waals surface area contributed by atoms with E-state index in [1.807, 2.05) is 0 Å². The zero-order chi connectivity index (χ0) is 13.1. The van der Waals surface area contributed by atoms with Crippen molar-refractivity contribution >= 4 is 28.3 Å². The Balaban J connectivity index is 1.59. The van der Waals surface area contributed by atoms with Crippen LogP contribution in [-0.4, -0.2) is 59.5 Å². The lowest BCUT2D eigenvalue weighted by molar-refractivity contribution is 0.0398. The molecule has 1 saturated heterocycles. The van der Waals surface area contributed by atoms with Gasteiger partial charge in [0.15, 0.2) is 5.82 Å².